The molecule has 0 unspecified atom stereocenters. The van der Waals surface area contributed by atoms with E-state index in [4.69, 9.17) is 9.47 Å². The van der Waals surface area contributed by atoms with Gasteiger partial charge in [0.15, 0.2) is 9.84 Å². The van der Waals surface area contributed by atoms with Crippen LogP contribution in [0.3, 0.4) is 0 Å². The van der Waals surface area contributed by atoms with Gasteiger partial charge in [0, 0.05) is 17.7 Å². The van der Waals surface area contributed by atoms with Crippen LogP contribution >= 0.6 is 0 Å². The van der Waals surface area contributed by atoms with Gasteiger partial charge in [-0.15, -0.1) is 0 Å². The number of carbonyl (C=O) groups excluding carboxylic acids is 1. The number of aliphatic hydroxyl groups excluding tert-OH is 1. The second kappa shape index (κ2) is 9.36. The summed E-state index contributed by atoms with van der Waals surface area (Å²) in [5.41, 5.74) is 1.41. The normalized spacial score (nSPS) is 19.8. The van der Waals surface area contributed by atoms with Crippen LogP contribution in [0.25, 0.3) is 0 Å². The van der Waals surface area contributed by atoms with Crippen LogP contribution in [0.15, 0.2) is 42.5 Å². The molecule has 1 aliphatic heterocycles. The van der Waals surface area contributed by atoms with Gasteiger partial charge in [-0.25, -0.2) is 8.42 Å². The SMILES string of the molecule is CCOc1cc(N[C@@H]2CS(=O)(=O)C[C@H]2O)c(OCC)cc1NC(=O)c1ccccc1. The Kier molecular flexibility index (Phi) is 6.84. The molecule has 1 amide bonds. The van der Waals surface area contributed by atoms with E-state index in [1.54, 1.807) is 36.4 Å². The molecule has 2 atom stereocenters. The van der Waals surface area contributed by atoms with Crippen molar-refractivity contribution < 1.29 is 27.8 Å². The molecular formula is C21H26N2O6S. The number of aliphatic hydroxyl groups is 1. The predicted octanol–water partition coefficient (Wildman–Crippen LogP) is 2.31. The van der Waals surface area contributed by atoms with E-state index >= 15 is 0 Å². The second-order valence-corrected chi connectivity index (χ2v) is 9.08. The monoisotopic (exact) mass is 434 g/mol. The highest BCUT2D eigenvalue weighted by atomic mass is 32.2. The van der Waals surface area contributed by atoms with Crippen LogP contribution in [0.1, 0.15) is 24.2 Å². The Morgan fingerprint density at radius 3 is 2.20 bits per heavy atom. The van der Waals surface area contributed by atoms with Gasteiger partial charge < -0.3 is 25.2 Å². The van der Waals surface area contributed by atoms with Crippen molar-refractivity contribution in [2.75, 3.05) is 35.4 Å². The smallest absolute Gasteiger partial charge is 0.255 e. The third-order valence-electron chi connectivity index (χ3n) is 4.63. The first-order chi connectivity index (χ1) is 14.3. The number of sulfone groups is 1. The molecule has 0 spiro atoms. The summed E-state index contributed by atoms with van der Waals surface area (Å²) in [7, 11) is -3.31. The molecule has 1 saturated heterocycles. The van der Waals surface area contributed by atoms with Crippen LogP contribution in [-0.4, -0.2) is 56.3 Å². The highest BCUT2D eigenvalue weighted by Gasteiger charge is 2.37. The molecule has 30 heavy (non-hydrogen) atoms. The quantitative estimate of drug-likeness (QED) is 0.584. The zero-order chi connectivity index (χ0) is 21.7. The summed E-state index contributed by atoms with van der Waals surface area (Å²) in [4.78, 5) is 12.6. The Hall–Kier alpha value is -2.78. The summed E-state index contributed by atoms with van der Waals surface area (Å²) in [6, 6.07) is 11.4. The Balaban J connectivity index is 1.92. The standard InChI is InChI=1S/C21H26N2O6S/c1-3-28-19-11-16(23-21(25)14-8-6-5-7-9-14)20(29-4-2)10-15(19)22-17-12-30(26,27)13-18(17)24/h5-11,17-18,22,24H,3-4,12-13H2,1-2H3,(H,23,25)/t17-,18-/m1/s1. The number of rotatable bonds is 8. The maximum Gasteiger partial charge on any atom is 0.255 e. The zero-order valence-corrected chi connectivity index (χ0v) is 17.7. The third-order valence-corrected chi connectivity index (χ3v) is 6.35. The van der Waals surface area contributed by atoms with Gasteiger partial charge in [0.25, 0.3) is 5.91 Å². The fourth-order valence-corrected chi connectivity index (χ4v) is 5.01. The van der Waals surface area contributed by atoms with E-state index < -0.39 is 22.0 Å². The molecule has 0 saturated carbocycles. The number of ether oxygens (including phenoxy) is 2. The molecule has 1 aliphatic rings. The molecule has 0 radical (unpaired) electrons. The van der Waals surface area contributed by atoms with Crippen molar-refractivity contribution in [3.05, 3.63) is 48.0 Å². The molecule has 3 N–H and O–H groups in total. The second-order valence-electron chi connectivity index (χ2n) is 6.93. The Bertz CT molecular complexity index is 994. The van der Waals surface area contributed by atoms with Gasteiger partial charge >= 0.3 is 0 Å². The lowest BCUT2D eigenvalue weighted by atomic mass is 10.1. The lowest BCUT2D eigenvalue weighted by Gasteiger charge is -2.21. The number of carbonyl (C=O) groups is 1. The Morgan fingerprint density at radius 2 is 1.63 bits per heavy atom. The van der Waals surface area contributed by atoms with Crippen LogP contribution in [-0.2, 0) is 9.84 Å². The average molecular weight is 435 g/mol. The number of amides is 1. The number of hydrogen-bond acceptors (Lipinski definition) is 7. The van der Waals surface area contributed by atoms with Crippen molar-refractivity contribution in [1.29, 1.82) is 0 Å². The molecule has 0 aliphatic carbocycles. The van der Waals surface area contributed by atoms with E-state index in [-0.39, 0.29) is 17.4 Å². The highest BCUT2D eigenvalue weighted by Crippen LogP contribution is 2.38. The molecular weight excluding hydrogens is 408 g/mol. The first kappa shape index (κ1) is 21.9. The molecule has 1 fully saturated rings. The molecule has 2 aromatic carbocycles. The van der Waals surface area contributed by atoms with E-state index in [1.165, 1.54) is 0 Å². The Labute approximate surface area is 176 Å². The fraction of sp³-hybridized carbons (Fsp3) is 0.381. The number of anilines is 2. The van der Waals surface area contributed by atoms with E-state index in [0.717, 1.165) is 0 Å². The van der Waals surface area contributed by atoms with Crippen molar-refractivity contribution >= 4 is 27.1 Å². The first-order valence-electron chi connectivity index (χ1n) is 9.78. The topological polar surface area (TPSA) is 114 Å². The fourth-order valence-electron chi connectivity index (χ4n) is 3.27. The van der Waals surface area contributed by atoms with Crippen LogP contribution in [0.5, 0.6) is 11.5 Å². The van der Waals surface area contributed by atoms with Crippen molar-refractivity contribution in [1.82, 2.24) is 0 Å². The summed E-state index contributed by atoms with van der Waals surface area (Å²) < 4.78 is 35.0. The van der Waals surface area contributed by atoms with Gasteiger partial charge in [0.05, 0.1) is 48.2 Å². The maximum absolute atomic E-state index is 12.6. The van der Waals surface area contributed by atoms with Crippen LogP contribution in [0.4, 0.5) is 11.4 Å². The number of nitrogens with one attached hydrogen (secondary N) is 2. The van der Waals surface area contributed by atoms with Gasteiger partial charge in [-0.05, 0) is 26.0 Å². The van der Waals surface area contributed by atoms with Crippen molar-refractivity contribution in [2.24, 2.45) is 0 Å². The molecule has 9 heteroatoms. The largest absolute Gasteiger partial charge is 0.492 e. The van der Waals surface area contributed by atoms with Crippen LogP contribution in [0.2, 0.25) is 0 Å². The predicted molar refractivity (Wildman–Crippen MR) is 115 cm³/mol. The van der Waals surface area contributed by atoms with Gasteiger partial charge in [0.2, 0.25) is 0 Å². The summed E-state index contributed by atoms with van der Waals surface area (Å²) in [5.74, 6) is 0.0786. The lowest BCUT2D eigenvalue weighted by molar-refractivity contribution is 0.102. The molecule has 0 bridgehead atoms. The van der Waals surface area contributed by atoms with Crippen LogP contribution in [0, 0.1) is 0 Å². The van der Waals surface area contributed by atoms with Crippen molar-refractivity contribution in [2.45, 2.75) is 26.0 Å². The molecule has 0 aromatic heterocycles. The average Bonchev–Trinajstić information content (AvgIpc) is 2.97. The summed E-state index contributed by atoms with van der Waals surface area (Å²) in [5, 5.41) is 16.0. The van der Waals surface area contributed by atoms with E-state index in [9.17, 15) is 18.3 Å². The molecule has 2 aromatic rings. The first-order valence-corrected chi connectivity index (χ1v) is 11.6. The summed E-state index contributed by atoms with van der Waals surface area (Å²) in [6.07, 6.45) is -1.02. The van der Waals surface area contributed by atoms with Gasteiger partial charge in [0.1, 0.15) is 11.5 Å². The van der Waals surface area contributed by atoms with E-state index in [1.807, 2.05) is 19.9 Å². The minimum atomic E-state index is -3.31. The Morgan fingerprint density at radius 1 is 1.03 bits per heavy atom. The van der Waals surface area contributed by atoms with Gasteiger partial charge in [-0.3, -0.25) is 4.79 Å². The number of benzene rings is 2. The van der Waals surface area contributed by atoms with Crippen molar-refractivity contribution in [3.8, 4) is 11.5 Å². The zero-order valence-electron chi connectivity index (χ0n) is 16.9. The molecule has 162 valence electrons. The molecule has 1 heterocycles. The van der Waals surface area contributed by atoms with Gasteiger partial charge in [-0.1, -0.05) is 18.2 Å². The van der Waals surface area contributed by atoms with Gasteiger partial charge in [-0.2, -0.15) is 0 Å². The van der Waals surface area contributed by atoms with Crippen LogP contribution < -0.4 is 20.1 Å². The molecule has 3 rings (SSSR count). The lowest BCUT2D eigenvalue weighted by Crippen LogP contribution is -2.32. The summed E-state index contributed by atoms with van der Waals surface area (Å²) >= 11 is 0. The maximum atomic E-state index is 12.6. The minimum Gasteiger partial charge on any atom is -0.492 e. The summed E-state index contributed by atoms with van der Waals surface area (Å²) in [6.45, 7) is 4.36. The third kappa shape index (κ3) is 5.22. The highest BCUT2D eigenvalue weighted by molar-refractivity contribution is 7.91. The molecule has 8 nitrogen and oxygen atoms in total. The van der Waals surface area contributed by atoms with E-state index in [0.29, 0.717) is 41.7 Å². The van der Waals surface area contributed by atoms with Crippen molar-refractivity contribution in [3.63, 3.8) is 0 Å². The minimum absolute atomic E-state index is 0.170. The van der Waals surface area contributed by atoms with E-state index in [2.05, 4.69) is 10.6 Å². The number of hydrogen-bond donors (Lipinski definition) is 3.